The molecule has 1 aliphatic carbocycles. The monoisotopic (exact) mass is 371 g/mol. The Morgan fingerprint density at radius 3 is 2.78 bits per heavy atom. The molecule has 1 aliphatic rings. The summed E-state index contributed by atoms with van der Waals surface area (Å²) in [4.78, 5) is 23.7. The number of nitrogens with one attached hydrogen (secondary N) is 1. The lowest BCUT2D eigenvalue weighted by Gasteiger charge is -2.40. The van der Waals surface area contributed by atoms with Gasteiger partial charge < -0.3 is 15.2 Å². The molecule has 3 rings (SSSR count). The van der Waals surface area contributed by atoms with Gasteiger partial charge in [-0.15, -0.1) is 0 Å². The second-order valence-electron chi connectivity index (χ2n) is 6.88. The minimum Gasteiger partial charge on any atom is -0.476 e. The van der Waals surface area contributed by atoms with E-state index in [0.717, 1.165) is 36.9 Å². The van der Waals surface area contributed by atoms with Crippen molar-refractivity contribution >= 4 is 11.9 Å². The van der Waals surface area contributed by atoms with Crippen molar-refractivity contribution in [1.29, 1.82) is 0 Å². The zero-order valence-corrected chi connectivity index (χ0v) is 15.5. The molecule has 1 aromatic heterocycles. The molecule has 144 valence electrons. The second-order valence-corrected chi connectivity index (χ2v) is 6.88. The molecule has 7 heteroatoms. The molecule has 0 spiro atoms. The number of aromatic nitrogens is 2. The minimum absolute atomic E-state index is 0.00470. The lowest BCUT2D eigenvalue weighted by molar-refractivity contribution is -0.137. The molecule has 1 amide bonds. The van der Waals surface area contributed by atoms with Crippen molar-refractivity contribution in [2.75, 3.05) is 13.2 Å². The van der Waals surface area contributed by atoms with Gasteiger partial charge in [-0.3, -0.25) is 4.79 Å². The summed E-state index contributed by atoms with van der Waals surface area (Å²) in [5.41, 5.74) is 1.40. The minimum atomic E-state index is -1.06. The van der Waals surface area contributed by atoms with E-state index in [9.17, 15) is 9.59 Å². The fraction of sp³-hybridized carbons (Fsp3) is 0.450. The van der Waals surface area contributed by atoms with Crippen LogP contribution in [0.4, 0.5) is 0 Å². The summed E-state index contributed by atoms with van der Waals surface area (Å²) in [7, 11) is 0. The zero-order valence-electron chi connectivity index (χ0n) is 15.5. The Hall–Kier alpha value is -2.67. The number of aromatic carboxylic acids is 1. The van der Waals surface area contributed by atoms with Gasteiger partial charge >= 0.3 is 5.97 Å². The van der Waals surface area contributed by atoms with Gasteiger partial charge in [0.15, 0.2) is 5.69 Å². The first-order chi connectivity index (χ1) is 13.0. The second kappa shape index (κ2) is 8.35. The van der Waals surface area contributed by atoms with E-state index < -0.39 is 5.97 Å². The van der Waals surface area contributed by atoms with Crippen molar-refractivity contribution in [1.82, 2.24) is 15.1 Å². The first-order valence-corrected chi connectivity index (χ1v) is 9.28. The molecule has 0 unspecified atom stereocenters. The SMILES string of the molecule is CCOCCC1(C(=O)NCc2cccc(-n3ccc(C(=O)O)n3)c2)CCC1. The van der Waals surface area contributed by atoms with E-state index in [1.54, 1.807) is 6.20 Å². The predicted octanol–water partition coefficient (Wildman–Crippen LogP) is 2.78. The van der Waals surface area contributed by atoms with Crippen molar-refractivity contribution in [2.45, 2.75) is 39.2 Å². The smallest absolute Gasteiger partial charge is 0.356 e. The number of carboxylic acids is 1. The van der Waals surface area contributed by atoms with Crippen LogP contribution in [0.3, 0.4) is 0 Å². The number of amides is 1. The van der Waals surface area contributed by atoms with Gasteiger partial charge in [0, 0.05) is 26.0 Å². The van der Waals surface area contributed by atoms with Gasteiger partial charge in [-0.1, -0.05) is 18.6 Å². The quantitative estimate of drug-likeness (QED) is 0.661. The van der Waals surface area contributed by atoms with Crippen molar-refractivity contribution in [3.05, 3.63) is 47.8 Å². The topological polar surface area (TPSA) is 93.5 Å². The molecule has 1 aromatic carbocycles. The summed E-state index contributed by atoms with van der Waals surface area (Å²) in [6.07, 6.45) is 5.28. The third-order valence-corrected chi connectivity index (χ3v) is 5.16. The Kier molecular flexibility index (Phi) is 5.91. The summed E-state index contributed by atoms with van der Waals surface area (Å²) in [6, 6.07) is 8.99. The Morgan fingerprint density at radius 1 is 1.33 bits per heavy atom. The van der Waals surface area contributed by atoms with Gasteiger partial charge in [0.05, 0.1) is 11.1 Å². The first kappa shape index (κ1) is 19.1. The summed E-state index contributed by atoms with van der Waals surface area (Å²) >= 11 is 0. The Morgan fingerprint density at radius 2 is 2.15 bits per heavy atom. The molecule has 0 aliphatic heterocycles. The summed E-state index contributed by atoms with van der Waals surface area (Å²) in [6.45, 7) is 3.67. The molecule has 0 radical (unpaired) electrons. The van der Waals surface area contributed by atoms with Crippen LogP contribution in [0.2, 0.25) is 0 Å². The lowest BCUT2D eigenvalue weighted by atomic mass is 9.66. The van der Waals surface area contributed by atoms with E-state index >= 15 is 0 Å². The molecule has 1 fully saturated rings. The van der Waals surface area contributed by atoms with Gasteiger partial charge in [0.25, 0.3) is 0 Å². The lowest BCUT2D eigenvalue weighted by Crippen LogP contribution is -2.46. The van der Waals surface area contributed by atoms with E-state index in [4.69, 9.17) is 9.84 Å². The molecular formula is C20H25N3O4. The average Bonchev–Trinajstić information content (AvgIpc) is 3.13. The van der Waals surface area contributed by atoms with E-state index in [1.165, 1.54) is 10.7 Å². The van der Waals surface area contributed by atoms with Gasteiger partial charge in [0.1, 0.15) is 0 Å². The van der Waals surface area contributed by atoms with E-state index in [0.29, 0.717) is 19.8 Å². The standard InChI is InChI=1S/C20H25N3O4/c1-2-27-12-10-20(8-4-9-20)19(26)21-14-15-5-3-6-16(13-15)23-11-7-17(22-23)18(24)25/h3,5-7,11,13H,2,4,8-10,12,14H2,1H3,(H,21,26)(H,24,25). The Labute approximate surface area is 158 Å². The third-order valence-electron chi connectivity index (χ3n) is 5.16. The number of ether oxygens (including phenoxy) is 1. The number of carbonyl (C=O) groups is 2. The normalized spacial score (nSPS) is 15.1. The molecular weight excluding hydrogens is 346 g/mol. The van der Waals surface area contributed by atoms with Crippen LogP contribution in [0.1, 0.15) is 48.7 Å². The molecule has 1 saturated carbocycles. The number of carbonyl (C=O) groups excluding carboxylic acids is 1. The fourth-order valence-corrected chi connectivity index (χ4v) is 3.37. The third kappa shape index (κ3) is 4.36. The van der Waals surface area contributed by atoms with Crippen LogP contribution in [0.25, 0.3) is 5.69 Å². The van der Waals surface area contributed by atoms with Gasteiger partial charge in [-0.25, -0.2) is 9.48 Å². The fourth-order valence-electron chi connectivity index (χ4n) is 3.37. The van der Waals surface area contributed by atoms with Gasteiger partial charge in [-0.05, 0) is 49.9 Å². The number of hydrogen-bond acceptors (Lipinski definition) is 4. The van der Waals surface area contributed by atoms with E-state index in [2.05, 4.69) is 10.4 Å². The van der Waals surface area contributed by atoms with Crippen LogP contribution in [-0.2, 0) is 16.1 Å². The molecule has 27 heavy (non-hydrogen) atoms. The van der Waals surface area contributed by atoms with E-state index in [1.807, 2.05) is 31.2 Å². The number of hydrogen-bond donors (Lipinski definition) is 2. The highest BCUT2D eigenvalue weighted by Gasteiger charge is 2.43. The molecule has 0 bridgehead atoms. The van der Waals surface area contributed by atoms with Crippen LogP contribution in [0.5, 0.6) is 0 Å². The number of benzene rings is 1. The largest absolute Gasteiger partial charge is 0.476 e. The zero-order chi connectivity index (χ0) is 19.3. The highest BCUT2D eigenvalue weighted by atomic mass is 16.5. The Balaban J connectivity index is 1.62. The van der Waals surface area contributed by atoms with Crippen molar-refractivity contribution in [2.24, 2.45) is 5.41 Å². The molecule has 0 saturated heterocycles. The number of nitrogens with zero attached hydrogens (tertiary/aromatic N) is 2. The van der Waals surface area contributed by atoms with Gasteiger partial charge in [-0.2, -0.15) is 5.10 Å². The Bertz CT molecular complexity index is 811. The van der Waals surface area contributed by atoms with Crippen LogP contribution in [-0.4, -0.2) is 40.0 Å². The maximum absolute atomic E-state index is 12.7. The highest BCUT2D eigenvalue weighted by Crippen LogP contribution is 2.44. The van der Waals surface area contributed by atoms with Crippen LogP contribution in [0.15, 0.2) is 36.5 Å². The van der Waals surface area contributed by atoms with Crippen LogP contribution >= 0.6 is 0 Å². The molecule has 2 N–H and O–H groups in total. The predicted molar refractivity (Wildman–Crippen MR) is 99.8 cm³/mol. The van der Waals surface area contributed by atoms with Crippen molar-refractivity contribution in [3.8, 4) is 5.69 Å². The van der Waals surface area contributed by atoms with Crippen LogP contribution < -0.4 is 5.32 Å². The van der Waals surface area contributed by atoms with Crippen molar-refractivity contribution < 1.29 is 19.4 Å². The number of rotatable bonds is 9. The molecule has 0 atom stereocenters. The maximum atomic E-state index is 12.7. The van der Waals surface area contributed by atoms with Gasteiger partial charge in [0.2, 0.25) is 5.91 Å². The van der Waals surface area contributed by atoms with E-state index in [-0.39, 0.29) is 17.0 Å². The molecule has 1 heterocycles. The maximum Gasteiger partial charge on any atom is 0.356 e. The van der Waals surface area contributed by atoms with Crippen LogP contribution in [0, 0.1) is 5.41 Å². The number of carboxylic acid groups (broad SMARTS) is 1. The average molecular weight is 371 g/mol. The first-order valence-electron chi connectivity index (χ1n) is 9.28. The summed E-state index contributed by atoms with van der Waals surface area (Å²) in [5.74, 6) is -0.971. The highest BCUT2D eigenvalue weighted by molar-refractivity contribution is 5.85. The molecule has 2 aromatic rings. The van der Waals surface area contributed by atoms with Crippen molar-refractivity contribution in [3.63, 3.8) is 0 Å². The molecule has 7 nitrogen and oxygen atoms in total. The summed E-state index contributed by atoms with van der Waals surface area (Å²) in [5, 5.41) is 16.1. The summed E-state index contributed by atoms with van der Waals surface area (Å²) < 4.78 is 6.95.